The largest absolute Gasteiger partial charge is 0.491 e. The zero-order chi connectivity index (χ0) is 12.0. The molecule has 0 aliphatic rings. The van der Waals surface area contributed by atoms with Crippen molar-refractivity contribution in [1.82, 2.24) is 0 Å². The van der Waals surface area contributed by atoms with Gasteiger partial charge in [-0.25, -0.2) is 0 Å². The van der Waals surface area contributed by atoms with Crippen LogP contribution in [0.25, 0.3) is 0 Å². The molecule has 0 heterocycles. The van der Waals surface area contributed by atoms with Gasteiger partial charge in [-0.05, 0) is 31.6 Å². The fraction of sp³-hybridized carbons (Fsp3) is 0.308. The molecule has 16 heavy (non-hydrogen) atoms. The molecule has 1 rings (SSSR count). The van der Waals surface area contributed by atoms with Crippen molar-refractivity contribution in [3.8, 4) is 5.75 Å². The smallest absolute Gasteiger partial charge is 0.247 e. The maximum absolute atomic E-state index is 11.1. The summed E-state index contributed by atoms with van der Waals surface area (Å²) in [5.74, 6) is 0.539. The normalized spacial score (nSPS) is 11.6. The number of carbonyl (C=O) groups is 1. The molecule has 0 saturated carbocycles. The summed E-state index contributed by atoms with van der Waals surface area (Å²) in [5.41, 5.74) is 0.714. The zero-order valence-corrected chi connectivity index (χ0v) is 9.69. The Morgan fingerprint density at radius 3 is 3.00 bits per heavy atom. The van der Waals surface area contributed by atoms with Crippen molar-refractivity contribution in [1.29, 1.82) is 0 Å². The number of carbonyl (C=O) groups excluding carboxylic acids is 1. The highest BCUT2D eigenvalue weighted by atomic mass is 16.5. The highest BCUT2D eigenvalue weighted by molar-refractivity contribution is 5.98. The molecule has 0 spiro atoms. The number of benzene rings is 1. The van der Waals surface area contributed by atoms with Crippen LogP contribution in [0.2, 0.25) is 0 Å². The first-order valence-corrected chi connectivity index (χ1v) is 5.35. The first-order chi connectivity index (χ1) is 7.65. The van der Waals surface area contributed by atoms with Crippen LogP contribution in [0.1, 0.15) is 20.3 Å². The van der Waals surface area contributed by atoms with Gasteiger partial charge in [-0.1, -0.05) is 19.6 Å². The van der Waals surface area contributed by atoms with Crippen molar-refractivity contribution >= 4 is 11.6 Å². The van der Waals surface area contributed by atoms with Crippen LogP contribution >= 0.6 is 0 Å². The van der Waals surface area contributed by atoms with Gasteiger partial charge in [-0.15, -0.1) is 0 Å². The van der Waals surface area contributed by atoms with Crippen LogP contribution in [0.3, 0.4) is 0 Å². The maximum atomic E-state index is 11.1. The Hall–Kier alpha value is -1.77. The van der Waals surface area contributed by atoms with Gasteiger partial charge in [0.25, 0.3) is 0 Å². The molecule has 1 unspecified atom stereocenters. The fourth-order valence-electron chi connectivity index (χ4n) is 1.16. The zero-order valence-electron chi connectivity index (χ0n) is 9.69. The average molecular weight is 219 g/mol. The molecular formula is C13H17NO2. The lowest BCUT2D eigenvalue weighted by atomic mass is 10.2. The second-order valence-electron chi connectivity index (χ2n) is 3.56. The molecule has 0 fully saturated rings. The molecule has 0 aliphatic heterocycles. The molecule has 1 amide bonds. The van der Waals surface area contributed by atoms with Gasteiger partial charge in [0.15, 0.2) is 0 Å². The molecule has 1 aromatic carbocycles. The summed E-state index contributed by atoms with van der Waals surface area (Å²) in [6.45, 7) is 7.47. The number of rotatable bonds is 5. The predicted octanol–water partition coefficient (Wildman–Crippen LogP) is 2.99. The molecule has 3 nitrogen and oxygen atoms in total. The number of amides is 1. The first kappa shape index (κ1) is 12.3. The van der Waals surface area contributed by atoms with Gasteiger partial charge >= 0.3 is 0 Å². The molecule has 0 aromatic heterocycles. The highest BCUT2D eigenvalue weighted by Crippen LogP contribution is 2.19. The molecular weight excluding hydrogens is 202 g/mol. The second-order valence-corrected chi connectivity index (χ2v) is 3.56. The lowest BCUT2D eigenvalue weighted by molar-refractivity contribution is -0.111. The summed E-state index contributed by atoms with van der Waals surface area (Å²) in [4.78, 5) is 11.1. The van der Waals surface area contributed by atoms with Crippen molar-refractivity contribution in [2.24, 2.45) is 0 Å². The molecule has 0 radical (unpaired) electrons. The lowest BCUT2D eigenvalue weighted by Crippen LogP contribution is -2.11. The topological polar surface area (TPSA) is 38.3 Å². The van der Waals surface area contributed by atoms with Crippen LogP contribution in [0.5, 0.6) is 5.75 Å². The molecule has 1 N–H and O–H groups in total. The standard InChI is InChI=1S/C13H17NO2/c1-4-10(3)16-12-8-6-7-11(9-12)14-13(15)5-2/h5-10H,2,4H2,1,3H3,(H,14,15). The van der Waals surface area contributed by atoms with Crippen molar-refractivity contribution in [2.75, 3.05) is 5.32 Å². The van der Waals surface area contributed by atoms with E-state index in [0.29, 0.717) is 5.69 Å². The summed E-state index contributed by atoms with van der Waals surface area (Å²) in [6, 6.07) is 7.32. The minimum Gasteiger partial charge on any atom is -0.491 e. The third kappa shape index (κ3) is 3.77. The third-order valence-electron chi connectivity index (χ3n) is 2.20. The van der Waals surface area contributed by atoms with Gasteiger partial charge < -0.3 is 10.1 Å². The van der Waals surface area contributed by atoms with Crippen LogP contribution in [0.4, 0.5) is 5.69 Å². The summed E-state index contributed by atoms with van der Waals surface area (Å²) in [5, 5.41) is 2.69. The monoisotopic (exact) mass is 219 g/mol. The van der Waals surface area contributed by atoms with Crippen LogP contribution in [-0.4, -0.2) is 12.0 Å². The van der Waals surface area contributed by atoms with Gasteiger partial charge in [0.1, 0.15) is 5.75 Å². The van der Waals surface area contributed by atoms with Gasteiger partial charge in [-0.3, -0.25) is 4.79 Å². The fourth-order valence-corrected chi connectivity index (χ4v) is 1.16. The van der Waals surface area contributed by atoms with Gasteiger partial charge in [0.05, 0.1) is 6.10 Å². The predicted molar refractivity (Wildman–Crippen MR) is 65.6 cm³/mol. The van der Waals surface area contributed by atoms with E-state index in [9.17, 15) is 4.79 Å². The maximum Gasteiger partial charge on any atom is 0.247 e. The van der Waals surface area contributed by atoms with Crippen LogP contribution < -0.4 is 10.1 Å². The Bertz CT molecular complexity index is 374. The molecule has 86 valence electrons. The number of ether oxygens (including phenoxy) is 1. The van der Waals surface area contributed by atoms with Crippen LogP contribution in [-0.2, 0) is 4.79 Å². The van der Waals surface area contributed by atoms with Crippen LogP contribution in [0.15, 0.2) is 36.9 Å². The minimum absolute atomic E-state index is 0.172. The van der Waals surface area contributed by atoms with Crippen molar-refractivity contribution in [2.45, 2.75) is 26.4 Å². The van der Waals surface area contributed by atoms with E-state index in [0.717, 1.165) is 12.2 Å². The quantitative estimate of drug-likeness (QED) is 0.773. The van der Waals surface area contributed by atoms with E-state index in [2.05, 4.69) is 18.8 Å². The molecule has 1 atom stereocenters. The third-order valence-corrected chi connectivity index (χ3v) is 2.20. The molecule has 3 heteroatoms. The summed E-state index contributed by atoms with van der Waals surface area (Å²) >= 11 is 0. The summed E-state index contributed by atoms with van der Waals surface area (Å²) < 4.78 is 5.64. The van der Waals surface area contributed by atoms with Crippen LogP contribution in [0, 0.1) is 0 Å². The molecule has 0 saturated heterocycles. The summed E-state index contributed by atoms with van der Waals surface area (Å²) in [7, 11) is 0. The van der Waals surface area contributed by atoms with Crippen molar-refractivity contribution in [3.05, 3.63) is 36.9 Å². The Balaban J connectivity index is 2.70. The van der Waals surface area contributed by atoms with E-state index in [-0.39, 0.29) is 12.0 Å². The van der Waals surface area contributed by atoms with E-state index in [1.165, 1.54) is 6.08 Å². The van der Waals surface area contributed by atoms with E-state index in [1.807, 2.05) is 25.1 Å². The minimum atomic E-state index is -0.222. The lowest BCUT2D eigenvalue weighted by Gasteiger charge is -2.13. The van der Waals surface area contributed by atoms with Gasteiger partial charge in [0, 0.05) is 11.8 Å². The molecule has 0 bridgehead atoms. The van der Waals surface area contributed by atoms with Crippen molar-refractivity contribution in [3.63, 3.8) is 0 Å². The van der Waals surface area contributed by atoms with Gasteiger partial charge in [0.2, 0.25) is 5.91 Å². The van der Waals surface area contributed by atoms with E-state index in [4.69, 9.17) is 4.74 Å². The van der Waals surface area contributed by atoms with Gasteiger partial charge in [-0.2, -0.15) is 0 Å². The average Bonchev–Trinajstić information content (AvgIpc) is 2.29. The second kappa shape index (κ2) is 5.95. The Labute approximate surface area is 96.1 Å². The van der Waals surface area contributed by atoms with Crippen molar-refractivity contribution < 1.29 is 9.53 Å². The first-order valence-electron chi connectivity index (χ1n) is 5.35. The SMILES string of the molecule is C=CC(=O)Nc1cccc(OC(C)CC)c1. The molecule has 0 aliphatic carbocycles. The van der Waals surface area contributed by atoms with E-state index in [1.54, 1.807) is 6.07 Å². The Kier molecular flexibility index (Phi) is 4.58. The summed E-state index contributed by atoms with van der Waals surface area (Å²) in [6.07, 6.45) is 2.36. The number of anilines is 1. The molecule has 1 aromatic rings. The number of nitrogens with one attached hydrogen (secondary N) is 1. The highest BCUT2D eigenvalue weighted by Gasteiger charge is 2.02. The van der Waals surface area contributed by atoms with E-state index < -0.39 is 0 Å². The number of hydrogen-bond acceptors (Lipinski definition) is 2. The Morgan fingerprint density at radius 1 is 1.62 bits per heavy atom. The Morgan fingerprint density at radius 2 is 2.38 bits per heavy atom. The van der Waals surface area contributed by atoms with E-state index >= 15 is 0 Å². The number of hydrogen-bond donors (Lipinski definition) is 1.